The Morgan fingerprint density at radius 2 is 2.00 bits per heavy atom. The standard InChI is InChI=1S/C15H28N4/c1-12-13(6-9-16)14(18(4)17-12)19-10-5-7-15(2,3)8-11-19/h5-11,16H2,1-4H3. The molecule has 1 aromatic rings. The maximum Gasteiger partial charge on any atom is 0.130 e. The van der Waals surface area contributed by atoms with Crippen LogP contribution in [0.25, 0.3) is 0 Å². The number of aryl methyl sites for hydroxylation is 2. The number of nitrogens with zero attached hydrogens (tertiary/aromatic N) is 3. The lowest BCUT2D eigenvalue weighted by molar-refractivity contribution is 0.325. The molecule has 0 amide bonds. The summed E-state index contributed by atoms with van der Waals surface area (Å²) in [5.74, 6) is 1.29. The van der Waals surface area contributed by atoms with Crippen LogP contribution in [0.4, 0.5) is 5.82 Å². The maximum absolute atomic E-state index is 5.76. The van der Waals surface area contributed by atoms with Gasteiger partial charge in [-0.15, -0.1) is 0 Å². The third kappa shape index (κ3) is 3.11. The van der Waals surface area contributed by atoms with Crippen LogP contribution < -0.4 is 10.6 Å². The summed E-state index contributed by atoms with van der Waals surface area (Å²) in [6.07, 6.45) is 4.75. The highest BCUT2D eigenvalue weighted by molar-refractivity contribution is 5.50. The van der Waals surface area contributed by atoms with Crippen LogP contribution in [-0.2, 0) is 13.5 Å². The Kier molecular flexibility index (Phi) is 4.19. The van der Waals surface area contributed by atoms with Crippen molar-refractivity contribution in [3.8, 4) is 0 Å². The molecule has 108 valence electrons. The minimum atomic E-state index is 0.469. The predicted octanol–water partition coefficient (Wildman–Crippen LogP) is 2.25. The molecular formula is C15H28N4. The lowest BCUT2D eigenvalue weighted by Gasteiger charge is -2.26. The van der Waals surface area contributed by atoms with Gasteiger partial charge in [-0.2, -0.15) is 5.10 Å². The SMILES string of the molecule is Cc1nn(C)c(N2CCCC(C)(C)CC2)c1CCN. The Hall–Kier alpha value is -1.03. The van der Waals surface area contributed by atoms with E-state index in [1.54, 1.807) is 0 Å². The molecule has 0 aliphatic carbocycles. The van der Waals surface area contributed by atoms with Gasteiger partial charge in [0, 0.05) is 25.7 Å². The monoisotopic (exact) mass is 264 g/mol. The smallest absolute Gasteiger partial charge is 0.130 e. The van der Waals surface area contributed by atoms with E-state index >= 15 is 0 Å². The fraction of sp³-hybridized carbons (Fsp3) is 0.800. The molecule has 1 aromatic heterocycles. The average Bonchev–Trinajstić information content (AvgIpc) is 2.49. The predicted molar refractivity (Wildman–Crippen MR) is 80.5 cm³/mol. The first kappa shape index (κ1) is 14.4. The third-order valence-electron chi connectivity index (χ3n) is 4.35. The molecule has 2 heterocycles. The van der Waals surface area contributed by atoms with Gasteiger partial charge in [-0.3, -0.25) is 4.68 Å². The van der Waals surface area contributed by atoms with E-state index in [-0.39, 0.29) is 0 Å². The highest BCUT2D eigenvalue weighted by Crippen LogP contribution is 2.33. The van der Waals surface area contributed by atoms with Crippen molar-refractivity contribution < 1.29 is 0 Å². The highest BCUT2D eigenvalue weighted by atomic mass is 15.4. The van der Waals surface area contributed by atoms with Crippen molar-refractivity contribution in [1.29, 1.82) is 0 Å². The lowest BCUT2D eigenvalue weighted by Crippen LogP contribution is -2.28. The molecule has 0 spiro atoms. The summed E-state index contributed by atoms with van der Waals surface area (Å²) in [5.41, 5.74) is 8.69. The number of nitrogens with two attached hydrogens (primary N) is 1. The van der Waals surface area contributed by atoms with Gasteiger partial charge in [0.25, 0.3) is 0 Å². The summed E-state index contributed by atoms with van der Waals surface area (Å²) in [5, 5.41) is 4.59. The Morgan fingerprint density at radius 3 is 2.68 bits per heavy atom. The normalized spacial score (nSPS) is 19.5. The van der Waals surface area contributed by atoms with Gasteiger partial charge in [-0.1, -0.05) is 13.8 Å². The van der Waals surface area contributed by atoms with Crippen molar-refractivity contribution in [2.24, 2.45) is 18.2 Å². The van der Waals surface area contributed by atoms with Gasteiger partial charge >= 0.3 is 0 Å². The van der Waals surface area contributed by atoms with Crippen molar-refractivity contribution >= 4 is 5.82 Å². The van der Waals surface area contributed by atoms with Gasteiger partial charge < -0.3 is 10.6 Å². The minimum absolute atomic E-state index is 0.469. The van der Waals surface area contributed by atoms with Crippen LogP contribution in [0.15, 0.2) is 0 Å². The summed E-state index contributed by atoms with van der Waals surface area (Å²) in [4.78, 5) is 2.51. The molecule has 4 heteroatoms. The van der Waals surface area contributed by atoms with Gasteiger partial charge in [0.2, 0.25) is 0 Å². The van der Waals surface area contributed by atoms with Crippen LogP contribution in [0, 0.1) is 12.3 Å². The molecule has 0 saturated carbocycles. The zero-order valence-corrected chi connectivity index (χ0v) is 12.9. The summed E-state index contributed by atoms with van der Waals surface area (Å²) in [6.45, 7) is 9.82. The molecular weight excluding hydrogens is 236 g/mol. The molecule has 0 unspecified atom stereocenters. The number of hydrogen-bond donors (Lipinski definition) is 1. The van der Waals surface area contributed by atoms with Gasteiger partial charge in [0.05, 0.1) is 5.69 Å². The quantitative estimate of drug-likeness (QED) is 0.911. The Bertz CT molecular complexity index is 434. The maximum atomic E-state index is 5.76. The summed E-state index contributed by atoms with van der Waals surface area (Å²) < 4.78 is 2.04. The topological polar surface area (TPSA) is 47.1 Å². The Balaban J connectivity index is 2.26. The zero-order chi connectivity index (χ0) is 14.0. The minimum Gasteiger partial charge on any atom is -0.357 e. The molecule has 19 heavy (non-hydrogen) atoms. The van der Waals surface area contributed by atoms with Crippen molar-refractivity contribution in [2.45, 2.75) is 46.5 Å². The summed E-state index contributed by atoms with van der Waals surface area (Å²) >= 11 is 0. The van der Waals surface area contributed by atoms with Gasteiger partial charge in [-0.05, 0) is 44.6 Å². The van der Waals surface area contributed by atoms with E-state index in [0.717, 1.165) is 25.2 Å². The fourth-order valence-corrected chi connectivity index (χ4v) is 3.16. The van der Waals surface area contributed by atoms with E-state index in [9.17, 15) is 0 Å². The molecule has 2 rings (SSSR count). The van der Waals surface area contributed by atoms with E-state index in [0.29, 0.717) is 12.0 Å². The molecule has 0 aromatic carbocycles. The van der Waals surface area contributed by atoms with Crippen molar-refractivity contribution in [3.05, 3.63) is 11.3 Å². The second kappa shape index (κ2) is 5.53. The van der Waals surface area contributed by atoms with Gasteiger partial charge in [0.15, 0.2) is 0 Å². The summed E-state index contributed by atoms with van der Waals surface area (Å²) in [7, 11) is 2.05. The van der Waals surface area contributed by atoms with Crippen molar-refractivity contribution in [3.63, 3.8) is 0 Å². The van der Waals surface area contributed by atoms with Gasteiger partial charge in [0.1, 0.15) is 5.82 Å². The molecule has 1 saturated heterocycles. The molecule has 0 bridgehead atoms. The highest BCUT2D eigenvalue weighted by Gasteiger charge is 2.26. The number of aromatic nitrogens is 2. The van der Waals surface area contributed by atoms with Crippen LogP contribution in [0.3, 0.4) is 0 Å². The largest absolute Gasteiger partial charge is 0.357 e. The fourth-order valence-electron chi connectivity index (χ4n) is 3.16. The van der Waals surface area contributed by atoms with E-state index in [4.69, 9.17) is 5.73 Å². The van der Waals surface area contributed by atoms with Crippen molar-refractivity contribution in [1.82, 2.24) is 9.78 Å². The van der Waals surface area contributed by atoms with Gasteiger partial charge in [-0.25, -0.2) is 0 Å². The summed E-state index contributed by atoms with van der Waals surface area (Å²) in [6, 6.07) is 0. The lowest BCUT2D eigenvalue weighted by atomic mass is 9.85. The van der Waals surface area contributed by atoms with E-state index in [2.05, 4.69) is 37.8 Å². The van der Waals surface area contributed by atoms with E-state index in [1.165, 1.54) is 30.6 Å². The molecule has 1 fully saturated rings. The third-order valence-corrected chi connectivity index (χ3v) is 4.35. The number of hydrogen-bond acceptors (Lipinski definition) is 3. The van der Waals surface area contributed by atoms with E-state index < -0.39 is 0 Å². The molecule has 0 atom stereocenters. The van der Waals surface area contributed by atoms with E-state index in [1.807, 2.05) is 4.68 Å². The Morgan fingerprint density at radius 1 is 1.26 bits per heavy atom. The van der Waals surface area contributed by atoms with Crippen LogP contribution in [-0.4, -0.2) is 29.4 Å². The number of rotatable bonds is 3. The van der Waals surface area contributed by atoms with Crippen LogP contribution in [0.2, 0.25) is 0 Å². The molecule has 2 N–H and O–H groups in total. The molecule has 1 aliphatic heterocycles. The second-order valence-electron chi connectivity index (χ2n) is 6.55. The molecule has 1 aliphatic rings. The first-order chi connectivity index (χ1) is 8.94. The second-order valence-corrected chi connectivity index (χ2v) is 6.55. The Labute approximate surface area is 117 Å². The van der Waals surface area contributed by atoms with Crippen LogP contribution >= 0.6 is 0 Å². The van der Waals surface area contributed by atoms with Crippen LogP contribution in [0.1, 0.15) is 44.4 Å². The average molecular weight is 264 g/mol. The first-order valence-electron chi connectivity index (χ1n) is 7.42. The zero-order valence-electron chi connectivity index (χ0n) is 12.9. The molecule has 0 radical (unpaired) electrons. The number of anilines is 1. The van der Waals surface area contributed by atoms with Crippen molar-refractivity contribution in [2.75, 3.05) is 24.5 Å². The molecule has 4 nitrogen and oxygen atoms in total. The van der Waals surface area contributed by atoms with Crippen LogP contribution in [0.5, 0.6) is 0 Å². The first-order valence-corrected chi connectivity index (χ1v) is 7.42.